The molecule has 2 aromatic rings. The van der Waals surface area contributed by atoms with E-state index in [2.05, 4.69) is 9.97 Å². The Labute approximate surface area is 63.5 Å². The first-order valence-electron chi connectivity index (χ1n) is 3.22. The molecule has 0 bridgehead atoms. The minimum absolute atomic E-state index is 0.692. The number of rotatable bonds is 1. The summed E-state index contributed by atoms with van der Waals surface area (Å²) in [6, 6.07) is 0. The first-order valence-corrected chi connectivity index (χ1v) is 3.22. The van der Waals surface area contributed by atoms with Crippen LogP contribution in [-0.4, -0.2) is 21.5 Å². The highest BCUT2D eigenvalue weighted by Gasteiger charge is 1.99. The van der Waals surface area contributed by atoms with Gasteiger partial charge >= 0.3 is 0 Å². The van der Waals surface area contributed by atoms with Crippen LogP contribution in [0.2, 0.25) is 0 Å². The molecule has 0 radical (unpaired) electrons. The van der Waals surface area contributed by atoms with Gasteiger partial charge in [-0.3, -0.25) is 4.40 Å². The van der Waals surface area contributed by atoms with Crippen molar-refractivity contribution < 1.29 is 4.74 Å². The van der Waals surface area contributed by atoms with Gasteiger partial charge in [0.25, 0.3) is 0 Å². The molecule has 0 spiro atoms. The molecule has 2 rings (SSSR count). The second-order valence-electron chi connectivity index (χ2n) is 2.12. The van der Waals surface area contributed by atoms with Crippen LogP contribution in [0.3, 0.4) is 0 Å². The van der Waals surface area contributed by atoms with E-state index in [1.54, 1.807) is 30.2 Å². The Morgan fingerprint density at radius 2 is 2.45 bits per heavy atom. The van der Waals surface area contributed by atoms with Crippen molar-refractivity contribution in [3.63, 3.8) is 0 Å². The summed E-state index contributed by atoms with van der Waals surface area (Å²) in [4.78, 5) is 8.04. The summed E-state index contributed by atoms with van der Waals surface area (Å²) in [5.41, 5.74) is 0.794. The normalized spacial score (nSPS) is 10.3. The Bertz CT molecular complexity index is 368. The molecule has 0 N–H and O–H groups in total. The van der Waals surface area contributed by atoms with Gasteiger partial charge in [-0.1, -0.05) is 0 Å². The average Bonchev–Trinajstić information content (AvgIpc) is 2.50. The van der Waals surface area contributed by atoms with Crippen molar-refractivity contribution in [2.24, 2.45) is 0 Å². The van der Waals surface area contributed by atoms with Crippen molar-refractivity contribution in [3.05, 3.63) is 24.9 Å². The molecule has 0 aliphatic heterocycles. The fourth-order valence-corrected chi connectivity index (χ4v) is 0.972. The minimum atomic E-state index is 0.692. The maximum Gasteiger partial charge on any atom is 0.182 e. The zero-order valence-corrected chi connectivity index (χ0v) is 6.06. The van der Waals surface area contributed by atoms with Crippen LogP contribution in [0.1, 0.15) is 0 Å². The van der Waals surface area contributed by atoms with E-state index in [0.717, 1.165) is 5.65 Å². The fraction of sp³-hybridized carbons (Fsp3) is 0.143. The quantitative estimate of drug-likeness (QED) is 0.600. The van der Waals surface area contributed by atoms with E-state index in [1.165, 1.54) is 0 Å². The number of ether oxygens (including phenoxy) is 1. The number of hydrogen-bond acceptors (Lipinski definition) is 3. The van der Waals surface area contributed by atoms with Crippen LogP contribution in [0, 0.1) is 0 Å². The van der Waals surface area contributed by atoms with Crippen molar-refractivity contribution in [1.29, 1.82) is 0 Å². The number of aromatic nitrogens is 3. The number of methoxy groups -OCH3 is 1. The minimum Gasteiger partial charge on any atom is -0.491 e. The third kappa shape index (κ3) is 0.832. The monoisotopic (exact) mass is 149 g/mol. The lowest BCUT2D eigenvalue weighted by atomic mass is 10.5. The molecule has 0 unspecified atom stereocenters. The predicted molar refractivity (Wildman–Crippen MR) is 39.5 cm³/mol. The molecule has 2 heterocycles. The van der Waals surface area contributed by atoms with Crippen molar-refractivity contribution in [2.75, 3.05) is 7.11 Å². The Kier molecular flexibility index (Phi) is 1.25. The molecule has 11 heavy (non-hydrogen) atoms. The number of hydrogen-bond donors (Lipinski definition) is 0. The van der Waals surface area contributed by atoms with Crippen molar-refractivity contribution in [2.45, 2.75) is 0 Å². The van der Waals surface area contributed by atoms with Gasteiger partial charge in [0, 0.05) is 12.4 Å². The van der Waals surface area contributed by atoms with Gasteiger partial charge < -0.3 is 4.74 Å². The highest BCUT2D eigenvalue weighted by molar-refractivity contribution is 5.51. The van der Waals surface area contributed by atoms with Gasteiger partial charge in [-0.05, 0) is 0 Å². The lowest BCUT2D eigenvalue weighted by Gasteiger charge is -1.98. The molecule has 4 heteroatoms. The summed E-state index contributed by atoms with van der Waals surface area (Å²) in [5, 5.41) is 0. The van der Waals surface area contributed by atoms with Crippen molar-refractivity contribution in [3.8, 4) is 5.75 Å². The average molecular weight is 149 g/mol. The maximum atomic E-state index is 5.04. The van der Waals surface area contributed by atoms with Crippen molar-refractivity contribution in [1.82, 2.24) is 14.4 Å². The number of imidazole rings is 1. The van der Waals surface area contributed by atoms with Gasteiger partial charge in [0.1, 0.15) is 6.33 Å². The maximum absolute atomic E-state index is 5.04. The highest BCUT2D eigenvalue weighted by Crippen LogP contribution is 2.13. The fourth-order valence-electron chi connectivity index (χ4n) is 0.972. The van der Waals surface area contributed by atoms with Gasteiger partial charge in [0.05, 0.1) is 13.3 Å². The number of fused-ring (bicyclic) bond motifs is 1. The standard InChI is InChI=1S/C7H7N3O/c1-11-6-4-8-5-10-3-2-9-7(6)10/h2-5H,1H3. The van der Waals surface area contributed by atoms with Gasteiger partial charge in [-0.2, -0.15) is 0 Å². The predicted octanol–water partition coefficient (Wildman–Crippen LogP) is 0.738. The van der Waals surface area contributed by atoms with E-state index in [4.69, 9.17) is 4.74 Å². The second-order valence-corrected chi connectivity index (χ2v) is 2.12. The Morgan fingerprint density at radius 3 is 3.27 bits per heavy atom. The molecule has 56 valence electrons. The highest BCUT2D eigenvalue weighted by atomic mass is 16.5. The van der Waals surface area contributed by atoms with Crippen LogP contribution in [0.25, 0.3) is 5.65 Å². The molecule has 2 aromatic heterocycles. The molecular weight excluding hydrogens is 142 g/mol. The van der Waals surface area contributed by atoms with Crippen LogP contribution < -0.4 is 4.74 Å². The van der Waals surface area contributed by atoms with Crippen LogP contribution in [0.15, 0.2) is 24.9 Å². The summed E-state index contributed by atoms with van der Waals surface area (Å²) in [6.07, 6.45) is 6.86. The molecule has 0 fully saturated rings. The van der Waals surface area contributed by atoms with Crippen LogP contribution in [0.4, 0.5) is 0 Å². The van der Waals surface area contributed by atoms with Gasteiger partial charge in [-0.25, -0.2) is 9.97 Å². The lowest BCUT2D eigenvalue weighted by Crippen LogP contribution is -1.90. The van der Waals surface area contributed by atoms with Crippen LogP contribution in [-0.2, 0) is 0 Å². The third-order valence-corrected chi connectivity index (χ3v) is 1.49. The zero-order chi connectivity index (χ0) is 7.68. The third-order valence-electron chi connectivity index (χ3n) is 1.49. The molecule has 4 nitrogen and oxygen atoms in total. The molecule has 0 atom stereocenters. The van der Waals surface area contributed by atoms with E-state index < -0.39 is 0 Å². The van der Waals surface area contributed by atoms with E-state index in [1.807, 2.05) is 6.20 Å². The molecule has 0 aromatic carbocycles. The molecule has 0 saturated heterocycles. The zero-order valence-electron chi connectivity index (χ0n) is 6.06. The van der Waals surface area contributed by atoms with E-state index in [-0.39, 0.29) is 0 Å². The van der Waals surface area contributed by atoms with Crippen LogP contribution >= 0.6 is 0 Å². The Morgan fingerprint density at radius 1 is 1.55 bits per heavy atom. The van der Waals surface area contributed by atoms with Gasteiger partial charge in [0.2, 0.25) is 0 Å². The molecule has 0 aliphatic carbocycles. The summed E-state index contributed by atoms with van der Waals surface area (Å²) >= 11 is 0. The molecular formula is C7H7N3O. The topological polar surface area (TPSA) is 39.4 Å². The first-order chi connectivity index (χ1) is 5.42. The SMILES string of the molecule is COc1cncn2ccnc12. The summed E-state index contributed by atoms with van der Waals surface area (Å²) < 4.78 is 6.84. The van der Waals surface area contributed by atoms with E-state index >= 15 is 0 Å². The Balaban J connectivity index is 2.79. The largest absolute Gasteiger partial charge is 0.491 e. The molecule has 0 aliphatic rings. The van der Waals surface area contributed by atoms with E-state index in [9.17, 15) is 0 Å². The second kappa shape index (κ2) is 2.23. The van der Waals surface area contributed by atoms with Crippen LogP contribution in [0.5, 0.6) is 5.75 Å². The summed E-state index contributed by atoms with van der Waals surface area (Å²) in [5.74, 6) is 0.692. The lowest BCUT2D eigenvalue weighted by molar-refractivity contribution is 0.414. The molecule has 0 saturated carbocycles. The summed E-state index contributed by atoms with van der Waals surface area (Å²) in [7, 11) is 1.60. The van der Waals surface area contributed by atoms with Crippen molar-refractivity contribution >= 4 is 5.65 Å². The summed E-state index contributed by atoms with van der Waals surface area (Å²) in [6.45, 7) is 0. The Hall–Kier alpha value is -1.58. The smallest absolute Gasteiger partial charge is 0.182 e. The van der Waals surface area contributed by atoms with Gasteiger partial charge in [-0.15, -0.1) is 0 Å². The van der Waals surface area contributed by atoms with E-state index in [0.29, 0.717) is 5.75 Å². The van der Waals surface area contributed by atoms with Gasteiger partial charge in [0.15, 0.2) is 11.4 Å². The number of nitrogens with zero attached hydrogens (tertiary/aromatic N) is 3. The molecule has 0 amide bonds. The first kappa shape index (κ1) is 6.15.